The molecule has 2 rings (SSSR count). The summed E-state index contributed by atoms with van der Waals surface area (Å²) in [5.74, 6) is 1.10. The molecular weight excluding hydrogens is 198 g/mol. The van der Waals surface area contributed by atoms with Gasteiger partial charge in [0, 0.05) is 30.4 Å². The van der Waals surface area contributed by atoms with Crippen molar-refractivity contribution in [2.24, 2.45) is 5.73 Å². The summed E-state index contributed by atoms with van der Waals surface area (Å²) in [4.78, 5) is 6.96. The Bertz CT molecular complexity index is 345. The van der Waals surface area contributed by atoms with Crippen molar-refractivity contribution in [1.82, 2.24) is 4.98 Å². The van der Waals surface area contributed by atoms with Crippen LogP contribution in [0, 0.1) is 0 Å². The Morgan fingerprint density at radius 3 is 2.88 bits per heavy atom. The molecule has 0 amide bonds. The zero-order valence-electron chi connectivity index (χ0n) is 10.2. The second-order valence-corrected chi connectivity index (χ2v) is 4.63. The average Bonchev–Trinajstić information content (AvgIpc) is 3.10. The van der Waals surface area contributed by atoms with Crippen LogP contribution in [-0.2, 0) is 0 Å². The number of rotatable bonds is 5. The van der Waals surface area contributed by atoms with E-state index in [1.807, 2.05) is 19.2 Å². The first-order valence-electron chi connectivity index (χ1n) is 6.21. The lowest BCUT2D eigenvalue weighted by Gasteiger charge is -2.26. The second kappa shape index (κ2) is 4.83. The molecule has 1 atom stereocenters. The van der Waals surface area contributed by atoms with Crippen LogP contribution >= 0.6 is 0 Å². The number of pyridine rings is 1. The summed E-state index contributed by atoms with van der Waals surface area (Å²) >= 11 is 0. The van der Waals surface area contributed by atoms with E-state index >= 15 is 0 Å². The van der Waals surface area contributed by atoms with Crippen molar-refractivity contribution in [3.05, 3.63) is 23.9 Å². The maximum Gasteiger partial charge on any atom is 0.133 e. The minimum absolute atomic E-state index is 0.0572. The van der Waals surface area contributed by atoms with E-state index in [9.17, 15) is 0 Å². The molecule has 1 aromatic heterocycles. The number of nitrogens with zero attached hydrogens (tertiary/aromatic N) is 2. The SMILES string of the molecule is CCCN(c1ncccc1[C@@H](C)N)C1CC1. The monoisotopic (exact) mass is 219 g/mol. The lowest BCUT2D eigenvalue weighted by Crippen LogP contribution is -2.29. The van der Waals surface area contributed by atoms with Crippen LogP contribution in [0.15, 0.2) is 18.3 Å². The molecule has 16 heavy (non-hydrogen) atoms. The molecule has 0 spiro atoms. The molecule has 2 N–H and O–H groups in total. The van der Waals surface area contributed by atoms with Gasteiger partial charge in [0.25, 0.3) is 0 Å². The van der Waals surface area contributed by atoms with Crippen molar-refractivity contribution in [3.8, 4) is 0 Å². The van der Waals surface area contributed by atoms with Gasteiger partial charge in [-0.1, -0.05) is 13.0 Å². The van der Waals surface area contributed by atoms with E-state index in [4.69, 9.17) is 5.73 Å². The second-order valence-electron chi connectivity index (χ2n) is 4.63. The van der Waals surface area contributed by atoms with Gasteiger partial charge in [-0.3, -0.25) is 0 Å². The summed E-state index contributed by atoms with van der Waals surface area (Å²) in [6.07, 6.45) is 5.63. The first-order chi connectivity index (χ1) is 7.74. The van der Waals surface area contributed by atoms with E-state index in [1.165, 1.54) is 18.4 Å². The Kier molecular flexibility index (Phi) is 3.44. The van der Waals surface area contributed by atoms with Gasteiger partial charge in [0.05, 0.1) is 0 Å². The molecule has 1 aliphatic rings. The summed E-state index contributed by atoms with van der Waals surface area (Å²) in [5.41, 5.74) is 7.17. The van der Waals surface area contributed by atoms with Gasteiger partial charge in [-0.15, -0.1) is 0 Å². The molecule has 1 heterocycles. The molecule has 1 fully saturated rings. The molecule has 3 heteroatoms. The number of aromatic nitrogens is 1. The predicted molar refractivity (Wildman–Crippen MR) is 67.5 cm³/mol. The third kappa shape index (κ3) is 2.35. The van der Waals surface area contributed by atoms with Gasteiger partial charge in [-0.25, -0.2) is 4.98 Å². The highest BCUT2D eigenvalue weighted by atomic mass is 15.2. The van der Waals surface area contributed by atoms with Gasteiger partial charge < -0.3 is 10.6 Å². The smallest absolute Gasteiger partial charge is 0.133 e. The van der Waals surface area contributed by atoms with E-state index in [0.717, 1.165) is 18.8 Å². The molecular formula is C13H21N3. The summed E-state index contributed by atoms with van der Waals surface area (Å²) in [6.45, 7) is 5.32. The van der Waals surface area contributed by atoms with Gasteiger partial charge >= 0.3 is 0 Å². The Hall–Kier alpha value is -1.09. The van der Waals surface area contributed by atoms with Crippen LogP contribution in [0.25, 0.3) is 0 Å². The zero-order valence-corrected chi connectivity index (χ0v) is 10.2. The summed E-state index contributed by atoms with van der Waals surface area (Å²) < 4.78 is 0. The fourth-order valence-corrected chi connectivity index (χ4v) is 2.09. The van der Waals surface area contributed by atoms with Crippen molar-refractivity contribution in [3.63, 3.8) is 0 Å². The topological polar surface area (TPSA) is 42.2 Å². The van der Waals surface area contributed by atoms with Crippen LogP contribution in [0.4, 0.5) is 5.82 Å². The standard InChI is InChI=1S/C13H21N3/c1-3-9-16(11-6-7-11)13-12(10(2)14)5-4-8-15-13/h4-5,8,10-11H,3,6-7,9,14H2,1-2H3/t10-/m1/s1. The molecule has 0 aliphatic heterocycles. The maximum absolute atomic E-state index is 6.00. The minimum Gasteiger partial charge on any atom is -0.353 e. The number of nitrogens with two attached hydrogens (primary N) is 1. The molecule has 0 unspecified atom stereocenters. The van der Waals surface area contributed by atoms with E-state index in [0.29, 0.717) is 6.04 Å². The Labute approximate surface area is 97.7 Å². The molecule has 0 bridgehead atoms. The van der Waals surface area contributed by atoms with E-state index in [1.54, 1.807) is 0 Å². The highest BCUT2D eigenvalue weighted by molar-refractivity contribution is 5.50. The van der Waals surface area contributed by atoms with Gasteiger partial charge in [0.2, 0.25) is 0 Å². The van der Waals surface area contributed by atoms with Crippen molar-refractivity contribution in [2.45, 2.75) is 45.2 Å². The third-order valence-electron chi connectivity index (χ3n) is 3.03. The summed E-state index contributed by atoms with van der Waals surface area (Å²) in [5, 5.41) is 0. The normalized spacial score (nSPS) is 17.2. The van der Waals surface area contributed by atoms with Crippen LogP contribution < -0.4 is 10.6 Å². The van der Waals surface area contributed by atoms with Gasteiger partial charge in [-0.05, 0) is 32.3 Å². The quantitative estimate of drug-likeness (QED) is 0.827. The molecule has 1 saturated carbocycles. The van der Waals surface area contributed by atoms with Crippen LogP contribution in [0.3, 0.4) is 0 Å². The Morgan fingerprint density at radius 2 is 2.31 bits per heavy atom. The highest BCUT2D eigenvalue weighted by Gasteiger charge is 2.30. The summed E-state index contributed by atoms with van der Waals surface area (Å²) in [6, 6.07) is 4.83. The van der Waals surface area contributed by atoms with Gasteiger partial charge in [0.1, 0.15) is 5.82 Å². The molecule has 0 aromatic carbocycles. The van der Waals surface area contributed by atoms with Gasteiger partial charge in [-0.2, -0.15) is 0 Å². The molecule has 0 radical (unpaired) electrons. The molecule has 3 nitrogen and oxygen atoms in total. The minimum atomic E-state index is 0.0572. The van der Waals surface area contributed by atoms with Gasteiger partial charge in [0.15, 0.2) is 0 Å². The van der Waals surface area contributed by atoms with Crippen molar-refractivity contribution >= 4 is 5.82 Å². The van der Waals surface area contributed by atoms with Crippen LogP contribution in [0.1, 0.15) is 44.7 Å². The fourth-order valence-electron chi connectivity index (χ4n) is 2.09. The molecule has 0 saturated heterocycles. The zero-order chi connectivity index (χ0) is 11.5. The number of anilines is 1. The van der Waals surface area contributed by atoms with E-state index in [-0.39, 0.29) is 6.04 Å². The first-order valence-corrected chi connectivity index (χ1v) is 6.21. The Balaban J connectivity index is 2.28. The van der Waals surface area contributed by atoms with Crippen molar-refractivity contribution < 1.29 is 0 Å². The fraction of sp³-hybridized carbons (Fsp3) is 0.615. The lowest BCUT2D eigenvalue weighted by atomic mass is 10.1. The lowest BCUT2D eigenvalue weighted by molar-refractivity contribution is 0.725. The summed E-state index contributed by atoms with van der Waals surface area (Å²) in [7, 11) is 0. The number of hydrogen-bond donors (Lipinski definition) is 1. The van der Waals surface area contributed by atoms with Crippen LogP contribution in [-0.4, -0.2) is 17.6 Å². The van der Waals surface area contributed by atoms with Crippen LogP contribution in [0.2, 0.25) is 0 Å². The average molecular weight is 219 g/mol. The maximum atomic E-state index is 6.00. The number of hydrogen-bond acceptors (Lipinski definition) is 3. The third-order valence-corrected chi connectivity index (χ3v) is 3.03. The van der Waals surface area contributed by atoms with E-state index in [2.05, 4.69) is 22.9 Å². The van der Waals surface area contributed by atoms with Crippen molar-refractivity contribution in [2.75, 3.05) is 11.4 Å². The van der Waals surface area contributed by atoms with Crippen molar-refractivity contribution in [1.29, 1.82) is 0 Å². The van der Waals surface area contributed by atoms with E-state index < -0.39 is 0 Å². The molecule has 1 aliphatic carbocycles. The predicted octanol–water partition coefficient (Wildman–Crippen LogP) is 2.48. The highest BCUT2D eigenvalue weighted by Crippen LogP contribution is 2.33. The molecule has 1 aromatic rings. The molecule has 88 valence electrons. The first kappa shape index (κ1) is 11.4. The largest absolute Gasteiger partial charge is 0.353 e. The van der Waals surface area contributed by atoms with Crippen LogP contribution in [0.5, 0.6) is 0 Å². The Morgan fingerprint density at radius 1 is 1.56 bits per heavy atom.